The first-order valence-corrected chi connectivity index (χ1v) is 5.56. The van der Waals surface area contributed by atoms with E-state index in [0.29, 0.717) is 5.69 Å². The Labute approximate surface area is 103 Å². The van der Waals surface area contributed by atoms with E-state index in [0.717, 1.165) is 18.7 Å². The minimum Gasteiger partial charge on any atom is -0.383 e. The first kappa shape index (κ1) is 12.0. The number of nitrogens with two attached hydrogens (primary N) is 1. The zero-order valence-electron chi connectivity index (χ0n) is 9.91. The molecule has 0 radical (unpaired) electrons. The topological polar surface area (TPSA) is 99.9 Å². The monoisotopic (exact) mass is 247 g/mol. The maximum Gasteiger partial charge on any atom is 0.275 e. The highest BCUT2D eigenvalue weighted by Crippen LogP contribution is 2.23. The number of aromatic nitrogens is 3. The van der Waals surface area contributed by atoms with Crippen molar-refractivity contribution in [2.45, 2.75) is 19.9 Å². The largest absolute Gasteiger partial charge is 0.383 e. The molecule has 2 aromatic rings. The summed E-state index contributed by atoms with van der Waals surface area (Å²) in [6, 6.07) is 4.41. The molecule has 2 N–H and O–H groups in total. The summed E-state index contributed by atoms with van der Waals surface area (Å²) in [7, 11) is 0. The predicted molar refractivity (Wildman–Crippen MR) is 66.8 cm³/mol. The van der Waals surface area contributed by atoms with Gasteiger partial charge in [0.05, 0.1) is 22.4 Å². The van der Waals surface area contributed by atoms with E-state index in [4.69, 9.17) is 5.73 Å². The SMILES string of the molecule is CCCn1nccc1-c1cc([N+](=O)[O-])cc(N)n1. The third-order valence-corrected chi connectivity index (χ3v) is 2.46. The van der Waals surface area contributed by atoms with Gasteiger partial charge in [0.15, 0.2) is 0 Å². The maximum atomic E-state index is 10.8. The van der Waals surface area contributed by atoms with Gasteiger partial charge in [-0.05, 0) is 12.5 Å². The lowest BCUT2D eigenvalue weighted by Crippen LogP contribution is -2.03. The van der Waals surface area contributed by atoms with E-state index in [-0.39, 0.29) is 11.5 Å². The molecule has 0 aliphatic heterocycles. The summed E-state index contributed by atoms with van der Waals surface area (Å²) in [6.45, 7) is 2.76. The summed E-state index contributed by atoms with van der Waals surface area (Å²) in [5, 5.41) is 14.9. The van der Waals surface area contributed by atoms with E-state index in [1.165, 1.54) is 12.1 Å². The predicted octanol–water partition coefficient (Wildman–Crippen LogP) is 1.85. The Kier molecular flexibility index (Phi) is 3.22. The minimum absolute atomic E-state index is 0.0678. The van der Waals surface area contributed by atoms with Crippen molar-refractivity contribution in [2.75, 3.05) is 5.73 Å². The van der Waals surface area contributed by atoms with Crippen LogP contribution in [0.4, 0.5) is 11.5 Å². The molecule has 0 atom stereocenters. The number of nitrogen functional groups attached to an aromatic ring is 1. The van der Waals surface area contributed by atoms with Crippen LogP contribution < -0.4 is 5.73 Å². The Morgan fingerprint density at radius 3 is 2.94 bits per heavy atom. The third kappa shape index (κ3) is 2.29. The quantitative estimate of drug-likeness (QED) is 0.656. The second kappa shape index (κ2) is 4.82. The van der Waals surface area contributed by atoms with Crippen LogP contribution in [-0.4, -0.2) is 19.7 Å². The van der Waals surface area contributed by atoms with Gasteiger partial charge in [0, 0.05) is 18.8 Å². The van der Waals surface area contributed by atoms with Gasteiger partial charge >= 0.3 is 0 Å². The second-order valence-electron chi connectivity index (χ2n) is 3.83. The number of hydrogen-bond acceptors (Lipinski definition) is 5. The van der Waals surface area contributed by atoms with Gasteiger partial charge in [0.1, 0.15) is 5.82 Å². The molecule has 0 aromatic carbocycles. The second-order valence-corrected chi connectivity index (χ2v) is 3.83. The Bertz CT molecular complexity index is 579. The number of nitrogens with zero attached hydrogens (tertiary/aromatic N) is 4. The van der Waals surface area contributed by atoms with Gasteiger partial charge in [-0.15, -0.1) is 0 Å². The summed E-state index contributed by atoms with van der Waals surface area (Å²) in [5.41, 5.74) is 6.71. The Hall–Kier alpha value is -2.44. The standard InChI is InChI=1S/C11H13N5O2/c1-2-5-15-10(3-4-13-15)9-6-8(16(17)18)7-11(12)14-9/h3-4,6-7H,2,5H2,1H3,(H2,12,14). The van der Waals surface area contributed by atoms with Gasteiger partial charge in [-0.1, -0.05) is 6.92 Å². The lowest BCUT2D eigenvalue weighted by molar-refractivity contribution is -0.384. The zero-order chi connectivity index (χ0) is 13.1. The molecule has 0 amide bonds. The van der Waals surface area contributed by atoms with Crippen LogP contribution in [0.1, 0.15) is 13.3 Å². The number of nitro groups is 1. The van der Waals surface area contributed by atoms with Crippen LogP contribution in [0.15, 0.2) is 24.4 Å². The summed E-state index contributed by atoms with van der Waals surface area (Å²) < 4.78 is 1.76. The molecule has 0 unspecified atom stereocenters. The molecule has 7 heteroatoms. The average molecular weight is 247 g/mol. The Morgan fingerprint density at radius 1 is 1.50 bits per heavy atom. The van der Waals surface area contributed by atoms with E-state index in [1.54, 1.807) is 16.9 Å². The average Bonchev–Trinajstić information content (AvgIpc) is 2.77. The molecule has 0 bridgehead atoms. The number of anilines is 1. The van der Waals surface area contributed by atoms with Crippen LogP contribution >= 0.6 is 0 Å². The molecule has 94 valence electrons. The van der Waals surface area contributed by atoms with Crippen molar-refractivity contribution in [3.63, 3.8) is 0 Å². The molecular formula is C11H13N5O2. The fraction of sp³-hybridized carbons (Fsp3) is 0.273. The molecule has 7 nitrogen and oxygen atoms in total. The summed E-state index contributed by atoms with van der Waals surface area (Å²) >= 11 is 0. The molecule has 2 heterocycles. The van der Waals surface area contributed by atoms with Crippen molar-refractivity contribution in [3.05, 3.63) is 34.5 Å². The first-order chi connectivity index (χ1) is 8.61. The smallest absolute Gasteiger partial charge is 0.275 e. The molecule has 0 saturated carbocycles. The highest BCUT2D eigenvalue weighted by Gasteiger charge is 2.13. The van der Waals surface area contributed by atoms with Crippen molar-refractivity contribution in [3.8, 4) is 11.4 Å². The van der Waals surface area contributed by atoms with E-state index >= 15 is 0 Å². The molecule has 0 spiro atoms. The number of pyridine rings is 1. The molecule has 0 fully saturated rings. The van der Waals surface area contributed by atoms with Gasteiger partial charge in [-0.2, -0.15) is 5.10 Å². The van der Waals surface area contributed by atoms with Crippen molar-refractivity contribution in [2.24, 2.45) is 0 Å². The van der Waals surface area contributed by atoms with Gasteiger partial charge in [0.25, 0.3) is 5.69 Å². The Balaban J connectivity index is 2.49. The fourth-order valence-corrected chi connectivity index (χ4v) is 1.71. The lowest BCUT2D eigenvalue weighted by atomic mass is 10.2. The van der Waals surface area contributed by atoms with E-state index in [9.17, 15) is 10.1 Å². The van der Waals surface area contributed by atoms with Crippen LogP contribution in [0.3, 0.4) is 0 Å². The van der Waals surface area contributed by atoms with Crippen LogP contribution in [0, 0.1) is 10.1 Å². The molecular weight excluding hydrogens is 234 g/mol. The number of hydrogen-bond donors (Lipinski definition) is 1. The maximum absolute atomic E-state index is 10.8. The van der Waals surface area contributed by atoms with Gasteiger partial charge in [-0.25, -0.2) is 4.98 Å². The molecule has 18 heavy (non-hydrogen) atoms. The first-order valence-electron chi connectivity index (χ1n) is 5.56. The van der Waals surface area contributed by atoms with E-state index in [2.05, 4.69) is 10.1 Å². The zero-order valence-corrected chi connectivity index (χ0v) is 9.91. The van der Waals surface area contributed by atoms with Crippen LogP contribution in [0.5, 0.6) is 0 Å². The van der Waals surface area contributed by atoms with Crippen molar-refractivity contribution >= 4 is 11.5 Å². The van der Waals surface area contributed by atoms with Gasteiger partial charge in [0.2, 0.25) is 0 Å². The van der Waals surface area contributed by atoms with E-state index < -0.39 is 4.92 Å². The van der Waals surface area contributed by atoms with Gasteiger partial charge < -0.3 is 5.73 Å². The summed E-state index contributed by atoms with van der Waals surface area (Å²) in [6.07, 6.45) is 2.56. The fourth-order valence-electron chi connectivity index (χ4n) is 1.71. The van der Waals surface area contributed by atoms with Gasteiger partial charge in [-0.3, -0.25) is 14.8 Å². The van der Waals surface area contributed by atoms with E-state index in [1.807, 2.05) is 6.92 Å². The highest BCUT2D eigenvalue weighted by molar-refractivity contribution is 5.61. The van der Waals surface area contributed by atoms with Crippen LogP contribution in [0.2, 0.25) is 0 Å². The molecule has 2 aromatic heterocycles. The normalized spacial score (nSPS) is 10.5. The third-order valence-electron chi connectivity index (χ3n) is 2.46. The number of rotatable bonds is 4. The highest BCUT2D eigenvalue weighted by atomic mass is 16.6. The lowest BCUT2D eigenvalue weighted by Gasteiger charge is -2.06. The molecule has 2 rings (SSSR count). The van der Waals surface area contributed by atoms with Crippen LogP contribution in [0.25, 0.3) is 11.4 Å². The molecule has 0 aliphatic carbocycles. The van der Waals surface area contributed by atoms with Crippen molar-refractivity contribution < 1.29 is 4.92 Å². The summed E-state index contributed by atoms with van der Waals surface area (Å²) in [5.74, 6) is 0.128. The molecule has 0 aliphatic rings. The summed E-state index contributed by atoms with van der Waals surface area (Å²) in [4.78, 5) is 14.4. The minimum atomic E-state index is -0.484. The van der Waals surface area contributed by atoms with Crippen molar-refractivity contribution in [1.82, 2.24) is 14.8 Å². The Morgan fingerprint density at radius 2 is 2.28 bits per heavy atom. The van der Waals surface area contributed by atoms with Crippen molar-refractivity contribution in [1.29, 1.82) is 0 Å². The molecule has 0 saturated heterocycles. The van der Waals surface area contributed by atoms with Crippen LogP contribution in [-0.2, 0) is 6.54 Å². The number of aryl methyl sites for hydroxylation is 1.